The van der Waals surface area contributed by atoms with Gasteiger partial charge in [0.1, 0.15) is 5.75 Å². The van der Waals surface area contributed by atoms with Crippen LogP contribution >= 0.6 is 0 Å². The number of hydrogen-bond acceptors (Lipinski definition) is 4. The molecule has 92 valence electrons. The lowest BCUT2D eigenvalue weighted by Crippen LogP contribution is -1.97. The van der Waals surface area contributed by atoms with Gasteiger partial charge in [0.05, 0.1) is 19.4 Å². The van der Waals surface area contributed by atoms with Gasteiger partial charge in [-0.15, -0.1) is 0 Å². The van der Waals surface area contributed by atoms with Crippen LogP contribution < -0.4 is 9.47 Å². The van der Waals surface area contributed by atoms with Gasteiger partial charge in [-0.1, -0.05) is 6.07 Å². The lowest BCUT2D eigenvalue weighted by Gasteiger charge is -2.09. The smallest absolute Gasteiger partial charge is 0.161 e. The Morgan fingerprint density at radius 3 is 2.61 bits per heavy atom. The Balaban J connectivity index is 2.01. The molecule has 4 heteroatoms. The van der Waals surface area contributed by atoms with Crippen LogP contribution in [0.5, 0.6) is 17.2 Å². The van der Waals surface area contributed by atoms with E-state index in [9.17, 15) is 5.11 Å². The van der Waals surface area contributed by atoms with Gasteiger partial charge in [-0.05, 0) is 23.8 Å². The number of aromatic nitrogens is 1. The average Bonchev–Trinajstić information content (AvgIpc) is 2.63. The minimum Gasteiger partial charge on any atom is -0.506 e. The van der Waals surface area contributed by atoms with E-state index < -0.39 is 0 Å². The van der Waals surface area contributed by atoms with Crippen molar-refractivity contribution in [3.05, 3.63) is 36.7 Å². The van der Waals surface area contributed by atoms with Crippen LogP contribution in [0.25, 0.3) is 11.1 Å². The Kier molecular flexibility index (Phi) is 2.76. The minimum atomic E-state index is 0.152. The van der Waals surface area contributed by atoms with Gasteiger partial charge in [0, 0.05) is 18.2 Å². The molecule has 2 heterocycles. The fourth-order valence-corrected chi connectivity index (χ4v) is 1.93. The maximum absolute atomic E-state index is 9.44. The number of pyridine rings is 1. The average molecular weight is 243 g/mol. The molecule has 1 aromatic carbocycles. The van der Waals surface area contributed by atoms with Crippen molar-refractivity contribution >= 4 is 0 Å². The summed E-state index contributed by atoms with van der Waals surface area (Å²) in [6.45, 7) is 1.34. The standard InChI is InChI=1S/C14H13NO3/c16-12-6-11(8-15-9-12)10-2-3-13-14(7-10)18-5-1-4-17-13/h2-3,6-9,16H,1,4-5H2. The quantitative estimate of drug-likeness (QED) is 0.836. The third kappa shape index (κ3) is 2.09. The Labute approximate surface area is 105 Å². The molecule has 4 nitrogen and oxygen atoms in total. The van der Waals surface area contributed by atoms with Crippen LogP contribution in [0, 0.1) is 0 Å². The molecule has 0 unspecified atom stereocenters. The SMILES string of the molecule is Oc1cncc(-c2ccc3c(c2)OCCCO3)c1. The Morgan fingerprint density at radius 1 is 0.944 bits per heavy atom. The van der Waals surface area contributed by atoms with Crippen molar-refractivity contribution in [3.8, 4) is 28.4 Å². The molecule has 18 heavy (non-hydrogen) atoms. The summed E-state index contributed by atoms with van der Waals surface area (Å²) in [4.78, 5) is 3.97. The van der Waals surface area contributed by atoms with E-state index >= 15 is 0 Å². The van der Waals surface area contributed by atoms with Gasteiger partial charge in [0.15, 0.2) is 11.5 Å². The lowest BCUT2D eigenvalue weighted by atomic mass is 10.1. The van der Waals surface area contributed by atoms with Crippen LogP contribution in [0.2, 0.25) is 0 Å². The highest BCUT2D eigenvalue weighted by molar-refractivity contribution is 5.67. The maximum Gasteiger partial charge on any atom is 0.161 e. The fraction of sp³-hybridized carbons (Fsp3) is 0.214. The highest BCUT2D eigenvalue weighted by atomic mass is 16.5. The van der Waals surface area contributed by atoms with Crippen molar-refractivity contribution in [3.63, 3.8) is 0 Å². The second-order valence-corrected chi connectivity index (χ2v) is 4.14. The zero-order valence-electron chi connectivity index (χ0n) is 9.80. The second kappa shape index (κ2) is 4.56. The molecule has 1 aliphatic heterocycles. The Bertz CT molecular complexity index is 569. The first-order chi connectivity index (χ1) is 8.83. The van der Waals surface area contributed by atoms with Crippen LogP contribution in [0.3, 0.4) is 0 Å². The van der Waals surface area contributed by atoms with Crippen molar-refractivity contribution in [2.45, 2.75) is 6.42 Å². The van der Waals surface area contributed by atoms with Gasteiger partial charge in [-0.25, -0.2) is 0 Å². The van der Waals surface area contributed by atoms with Crippen molar-refractivity contribution in [2.24, 2.45) is 0 Å². The molecule has 3 rings (SSSR count). The minimum absolute atomic E-state index is 0.152. The van der Waals surface area contributed by atoms with E-state index in [-0.39, 0.29) is 5.75 Å². The van der Waals surface area contributed by atoms with E-state index in [4.69, 9.17) is 9.47 Å². The molecule has 0 aliphatic carbocycles. The third-order valence-electron chi connectivity index (χ3n) is 2.80. The Hall–Kier alpha value is -2.23. The molecule has 0 saturated heterocycles. The van der Waals surface area contributed by atoms with E-state index in [1.54, 1.807) is 12.3 Å². The Morgan fingerprint density at radius 2 is 1.78 bits per heavy atom. The largest absolute Gasteiger partial charge is 0.506 e. The van der Waals surface area contributed by atoms with Crippen molar-refractivity contribution < 1.29 is 14.6 Å². The molecule has 1 aliphatic rings. The number of nitrogens with zero attached hydrogens (tertiary/aromatic N) is 1. The summed E-state index contributed by atoms with van der Waals surface area (Å²) in [5, 5.41) is 9.44. The van der Waals surface area contributed by atoms with E-state index in [2.05, 4.69) is 4.98 Å². The maximum atomic E-state index is 9.44. The highest BCUT2D eigenvalue weighted by Gasteiger charge is 2.11. The van der Waals surface area contributed by atoms with Crippen molar-refractivity contribution in [2.75, 3.05) is 13.2 Å². The number of ether oxygens (including phenoxy) is 2. The fourth-order valence-electron chi connectivity index (χ4n) is 1.93. The topological polar surface area (TPSA) is 51.6 Å². The van der Waals surface area contributed by atoms with Crippen molar-refractivity contribution in [1.29, 1.82) is 0 Å². The van der Waals surface area contributed by atoms with Gasteiger partial charge in [-0.3, -0.25) is 4.98 Å². The van der Waals surface area contributed by atoms with Crippen LogP contribution in [-0.4, -0.2) is 23.3 Å². The molecule has 1 N–H and O–H groups in total. The summed E-state index contributed by atoms with van der Waals surface area (Å²) in [6.07, 6.45) is 4.00. The first-order valence-corrected chi connectivity index (χ1v) is 5.87. The number of benzene rings is 1. The van der Waals surface area contributed by atoms with Crippen LogP contribution in [0.1, 0.15) is 6.42 Å². The molecular formula is C14H13NO3. The van der Waals surface area contributed by atoms with Gasteiger partial charge in [0.2, 0.25) is 0 Å². The molecule has 0 fully saturated rings. The van der Waals surface area contributed by atoms with Crippen LogP contribution in [0.4, 0.5) is 0 Å². The first-order valence-electron chi connectivity index (χ1n) is 5.87. The molecule has 1 aromatic heterocycles. The molecular weight excluding hydrogens is 230 g/mol. The monoisotopic (exact) mass is 243 g/mol. The second-order valence-electron chi connectivity index (χ2n) is 4.14. The predicted molar refractivity (Wildman–Crippen MR) is 66.9 cm³/mol. The normalized spacial score (nSPS) is 14.0. The van der Waals surface area contributed by atoms with Gasteiger partial charge in [-0.2, -0.15) is 0 Å². The lowest BCUT2D eigenvalue weighted by molar-refractivity contribution is 0.297. The molecule has 0 amide bonds. The van der Waals surface area contributed by atoms with E-state index in [1.165, 1.54) is 6.20 Å². The summed E-state index contributed by atoms with van der Waals surface area (Å²) >= 11 is 0. The molecule has 0 atom stereocenters. The van der Waals surface area contributed by atoms with Gasteiger partial charge in [0.25, 0.3) is 0 Å². The molecule has 0 spiro atoms. The number of fused-ring (bicyclic) bond motifs is 1. The zero-order chi connectivity index (χ0) is 12.4. The van der Waals surface area contributed by atoms with Crippen LogP contribution in [-0.2, 0) is 0 Å². The number of hydrogen-bond donors (Lipinski definition) is 1. The number of aromatic hydroxyl groups is 1. The van der Waals surface area contributed by atoms with E-state index in [1.807, 2.05) is 18.2 Å². The van der Waals surface area contributed by atoms with Crippen molar-refractivity contribution in [1.82, 2.24) is 4.98 Å². The summed E-state index contributed by atoms with van der Waals surface area (Å²) < 4.78 is 11.2. The van der Waals surface area contributed by atoms with E-state index in [0.717, 1.165) is 29.0 Å². The van der Waals surface area contributed by atoms with Gasteiger partial charge >= 0.3 is 0 Å². The van der Waals surface area contributed by atoms with Crippen LogP contribution in [0.15, 0.2) is 36.7 Å². The first kappa shape index (κ1) is 10.9. The highest BCUT2D eigenvalue weighted by Crippen LogP contribution is 2.34. The van der Waals surface area contributed by atoms with Gasteiger partial charge < -0.3 is 14.6 Å². The summed E-state index contributed by atoms with van der Waals surface area (Å²) in [5.74, 6) is 1.66. The molecule has 0 saturated carbocycles. The summed E-state index contributed by atoms with van der Waals surface area (Å²) in [6, 6.07) is 7.41. The molecule has 0 bridgehead atoms. The predicted octanol–water partition coefficient (Wildman–Crippen LogP) is 2.62. The summed E-state index contributed by atoms with van der Waals surface area (Å²) in [7, 11) is 0. The van der Waals surface area contributed by atoms with E-state index in [0.29, 0.717) is 13.2 Å². The third-order valence-corrected chi connectivity index (χ3v) is 2.80. The molecule has 2 aromatic rings. The zero-order valence-corrected chi connectivity index (χ0v) is 9.80. The number of rotatable bonds is 1. The molecule has 0 radical (unpaired) electrons. The summed E-state index contributed by atoms with van der Waals surface area (Å²) in [5.41, 5.74) is 1.80.